The first-order valence-electron chi connectivity index (χ1n) is 6.31. The molecule has 1 amide bonds. The molecule has 0 fully saturated rings. The first-order chi connectivity index (χ1) is 9.24. The maximum atomic E-state index is 11.9. The molecule has 0 aromatic carbocycles. The van der Waals surface area contributed by atoms with Crippen molar-refractivity contribution in [2.45, 2.75) is 33.6 Å². The van der Waals surface area contributed by atoms with Crippen LogP contribution >= 0.6 is 15.9 Å². The van der Waals surface area contributed by atoms with E-state index in [1.807, 2.05) is 20.8 Å². The number of carboxylic acid groups (broad SMARTS) is 1. The number of nitrogens with zero attached hydrogens (tertiary/aromatic N) is 1. The third kappa shape index (κ3) is 4.92. The van der Waals surface area contributed by atoms with Crippen LogP contribution in [-0.4, -0.2) is 27.3 Å². The number of aryl methyl sites for hydroxylation is 1. The highest BCUT2D eigenvalue weighted by Crippen LogP contribution is 2.19. The second-order valence-corrected chi connectivity index (χ2v) is 6.34. The number of hydrogen-bond acceptors (Lipinski definition) is 3. The number of carboxylic acids is 1. The van der Waals surface area contributed by atoms with Crippen molar-refractivity contribution in [2.24, 2.45) is 5.41 Å². The Balaban J connectivity index is 2.98. The Bertz CT molecular complexity index is 510. The molecular formula is C14H19BrN2O3. The lowest BCUT2D eigenvalue weighted by atomic mass is 9.95. The molecule has 0 radical (unpaired) electrons. The predicted molar refractivity (Wildman–Crippen MR) is 81.2 cm³/mol. The molecular weight excluding hydrogens is 324 g/mol. The lowest BCUT2D eigenvalue weighted by Crippen LogP contribution is -2.28. The van der Waals surface area contributed by atoms with Gasteiger partial charge in [-0.25, -0.2) is 4.98 Å². The zero-order chi connectivity index (χ0) is 15.3. The highest BCUT2D eigenvalue weighted by atomic mass is 79.9. The molecule has 0 aliphatic heterocycles. The molecule has 1 heterocycles. The number of alkyl halides is 1. The minimum Gasteiger partial charge on any atom is -0.481 e. The fourth-order valence-electron chi connectivity index (χ4n) is 1.55. The van der Waals surface area contributed by atoms with Crippen LogP contribution in [0.4, 0.5) is 5.82 Å². The van der Waals surface area contributed by atoms with E-state index in [1.165, 1.54) is 6.20 Å². The summed E-state index contributed by atoms with van der Waals surface area (Å²) in [6.07, 6.45) is 2.14. The molecule has 2 N–H and O–H groups in total. The molecule has 0 atom stereocenters. The van der Waals surface area contributed by atoms with Crippen LogP contribution in [0.25, 0.3) is 0 Å². The van der Waals surface area contributed by atoms with E-state index in [2.05, 4.69) is 26.2 Å². The van der Waals surface area contributed by atoms with Gasteiger partial charge in [0.15, 0.2) is 0 Å². The van der Waals surface area contributed by atoms with Crippen molar-refractivity contribution in [3.63, 3.8) is 0 Å². The summed E-state index contributed by atoms with van der Waals surface area (Å²) in [5.41, 5.74) is 1.05. The standard InChI is InChI=1S/C14H19BrN2O3/c1-14(2,3)13(20)17-11-6-9(4-5-15)10(8-16-11)7-12(18)19/h6,8H,4-5,7H2,1-3H3,(H,18,19)(H,16,17,20). The number of rotatable bonds is 5. The molecule has 6 heteroatoms. The van der Waals surface area contributed by atoms with Crippen LogP contribution in [0.3, 0.4) is 0 Å². The average molecular weight is 343 g/mol. The van der Waals surface area contributed by atoms with Gasteiger partial charge >= 0.3 is 5.97 Å². The Morgan fingerprint density at radius 2 is 2.00 bits per heavy atom. The third-order valence-electron chi connectivity index (χ3n) is 2.71. The van der Waals surface area contributed by atoms with Crippen molar-refractivity contribution in [2.75, 3.05) is 10.6 Å². The van der Waals surface area contributed by atoms with Crippen LogP contribution in [0.15, 0.2) is 12.3 Å². The lowest BCUT2D eigenvalue weighted by Gasteiger charge is -2.18. The van der Waals surface area contributed by atoms with Crippen molar-refractivity contribution >= 4 is 33.6 Å². The zero-order valence-electron chi connectivity index (χ0n) is 11.9. The van der Waals surface area contributed by atoms with Crippen LogP contribution in [-0.2, 0) is 22.4 Å². The molecule has 0 unspecified atom stereocenters. The Morgan fingerprint density at radius 1 is 1.35 bits per heavy atom. The lowest BCUT2D eigenvalue weighted by molar-refractivity contribution is -0.136. The second-order valence-electron chi connectivity index (χ2n) is 5.55. The Labute approximate surface area is 126 Å². The summed E-state index contributed by atoms with van der Waals surface area (Å²) < 4.78 is 0. The van der Waals surface area contributed by atoms with Gasteiger partial charge in [0.1, 0.15) is 5.82 Å². The van der Waals surface area contributed by atoms with Gasteiger partial charge in [-0.05, 0) is 23.6 Å². The van der Waals surface area contributed by atoms with Crippen molar-refractivity contribution in [1.29, 1.82) is 0 Å². The summed E-state index contributed by atoms with van der Waals surface area (Å²) in [5.74, 6) is -0.565. The monoisotopic (exact) mass is 342 g/mol. The number of nitrogens with one attached hydrogen (secondary N) is 1. The van der Waals surface area contributed by atoms with Gasteiger partial charge in [0.25, 0.3) is 0 Å². The van der Waals surface area contributed by atoms with Gasteiger partial charge in [0.05, 0.1) is 6.42 Å². The van der Waals surface area contributed by atoms with Crippen LogP contribution in [0.2, 0.25) is 0 Å². The Morgan fingerprint density at radius 3 is 2.50 bits per heavy atom. The Kier molecular flexibility index (Phi) is 5.68. The fraction of sp³-hybridized carbons (Fsp3) is 0.500. The third-order valence-corrected chi connectivity index (χ3v) is 3.11. The van der Waals surface area contributed by atoms with Gasteiger partial charge in [-0.3, -0.25) is 9.59 Å². The molecule has 0 bridgehead atoms. The highest BCUT2D eigenvalue weighted by Gasteiger charge is 2.22. The summed E-state index contributed by atoms with van der Waals surface area (Å²) in [4.78, 5) is 26.8. The molecule has 0 aliphatic carbocycles. The largest absolute Gasteiger partial charge is 0.481 e. The van der Waals surface area contributed by atoms with Crippen LogP contribution < -0.4 is 5.32 Å². The van der Waals surface area contributed by atoms with Crippen LogP contribution in [0.5, 0.6) is 0 Å². The van der Waals surface area contributed by atoms with Gasteiger partial charge in [-0.2, -0.15) is 0 Å². The summed E-state index contributed by atoms with van der Waals surface area (Å²) in [6, 6.07) is 1.74. The first-order valence-corrected chi connectivity index (χ1v) is 7.43. The molecule has 1 aromatic rings. The first kappa shape index (κ1) is 16.6. The smallest absolute Gasteiger partial charge is 0.307 e. The minimum absolute atomic E-state index is 0.0666. The van der Waals surface area contributed by atoms with E-state index in [0.717, 1.165) is 10.9 Å². The van der Waals surface area contributed by atoms with Gasteiger partial charge in [-0.1, -0.05) is 36.7 Å². The van der Waals surface area contributed by atoms with E-state index in [0.29, 0.717) is 17.8 Å². The van der Waals surface area contributed by atoms with Crippen LogP contribution in [0.1, 0.15) is 31.9 Å². The number of anilines is 1. The van der Waals surface area contributed by atoms with E-state index < -0.39 is 11.4 Å². The summed E-state index contributed by atoms with van der Waals surface area (Å²) in [5, 5.41) is 12.3. The van der Waals surface area contributed by atoms with Gasteiger partial charge in [-0.15, -0.1) is 0 Å². The van der Waals surface area contributed by atoms with Crippen molar-refractivity contribution in [3.05, 3.63) is 23.4 Å². The Hall–Kier alpha value is -1.43. The molecule has 0 spiro atoms. The average Bonchev–Trinajstić information content (AvgIpc) is 2.31. The van der Waals surface area contributed by atoms with E-state index in [9.17, 15) is 9.59 Å². The number of hydrogen-bond donors (Lipinski definition) is 2. The topological polar surface area (TPSA) is 79.3 Å². The molecule has 0 saturated carbocycles. The van der Waals surface area contributed by atoms with E-state index in [4.69, 9.17) is 5.11 Å². The van der Waals surface area contributed by atoms with E-state index in [1.54, 1.807) is 6.07 Å². The number of aromatic nitrogens is 1. The molecule has 110 valence electrons. The second kappa shape index (κ2) is 6.83. The highest BCUT2D eigenvalue weighted by molar-refractivity contribution is 9.09. The van der Waals surface area contributed by atoms with Gasteiger partial charge < -0.3 is 10.4 Å². The SMILES string of the molecule is CC(C)(C)C(=O)Nc1cc(CCBr)c(CC(=O)O)cn1. The number of carbonyl (C=O) groups excluding carboxylic acids is 1. The summed E-state index contributed by atoms with van der Waals surface area (Å²) >= 11 is 3.34. The van der Waals surface area contributed by atoms with Crippen LogP contribution in [0, 0.1) is 5.41 Å². The minimum atomic E-state index is -0.894. The molecule has 1 aromatic heterocycles. The van der Waals surface area contributed by atoms with E-state index >= 15 is 0 Å². The number of aliphatic carboxylic acids is 1. The normalized spacial score (nSPS) is 11.2. The summed E-state index contributed by atoms with van der Waals surface area (Å²) in [7, 11) is 0. The maximum absolute atomic E-state index is 11.9. The fourth-order valence-corrected chi connectivity index (χ4v) is 1.98. The summed E-state index contributed by atoms with van der Waals surface area (Å²) in [6.45, 7) is 5.46. The number of amides is 1. The molecule has 0 aliphatic rings. The number of carbonyl (C=O) groups is 2. The molecule has 20 heavy (non-hydrogen) atoms. The molecule has 1 rings (SSSR count). The predicted octanol–water partition coefficient (Wildman–Crippen LogP) is 2.63. The zero-order valence-corrected chi connectivity index (χ0v) is 13.5. The quantitative estimate of drug-likeness (QED) is 0.806. The van der Waals surface area contributed by atoms with Gasteiger partial charge in [0, 0.05) is 16.9 Å². The van der Waals surface area contributed by atoms with E-state index in [-0.39, 0.29) is 12.3 Å². The van der Waals surface area contributed by atoms with Crippen molar-refractivity contribution in [1.82, 2.24) is 4.98 Å². The number of pyridine rings is 1. The molecule has 0 saturated heterocycles. The van der Waals surface area contributed by atoms with Gasteiger partial charge in [0.2, 0.25) is 5.91 Å². The maximum Gasteiger partial charge on any atom is 0.307 e. The van der Waals surface area contributed by atoms with Crippen molar-refractivity contribution < 1.29 is 14.7 Å². The number of halogens is 1. The molecule has 5 nitrogen and oxygen atoms in total. The van der Waals surface area contributed by atoms with Crippen molar-refractivity contribution in [3.8, 4) is 0 Å².